The van der Waals surface area contributed by atoms with Crippen molar-refractivity contribution in [2.24, 2.45) is 5.92 Å². The van der Waals surface area contributed by atoms with Gasteiger partial charge >= 0.3 is 0 Å². The third-order valence-corrected chi connectivity index (χ3v) is 4.14. The Kier molecular flexibility index (Phi) is 5.44. The Bertz CT molecular complexity index is 427. The molecule has 20 heavy (non-hydrogen) atoms. The Balaban J connectivity index is 2.38. The lowest BCUT2D eigenvalue weighted by molar-refractivity contribution is 0.123. The third-order valence-electron chi connectivity index (χ3n) is 4.14. The molecule has 0 saturated carbocycles. The van der Waals surface area contributed by atoms with E-state index in [1.54, 1.807) is 0 Å². The van der Waals surface area contributed by atoms with Crippen LogP contribution in [-0.4, -0.2) is 36.3 Å². The maximum Gasteiger partial charge on any atom is 0.124 e. The molecule has 3 nitrogen and oxygen atoms in total. The van der Waals surface area contributed by atoms with E-state index in [1.165, 1.54) is 24.0 Å². The summed E-state index contributed by atoms with van der Waals surface area (Å²) >= 11 is 0. The van der Waals surface area contributed by atoms with Gasteiger partial charge in [-0.3, -0.25) is 4.90 Å². The number of nitrogens with zero attached hydrogens (tertiary/aromatic N) is 1. The highest BCUT2D eigenvalue weighted by Crippen LogP contribution is 2.37. The molecule has 0 aromatic heterocycles. The van der Waals surface area contributed by atoms with Gasteiger partial charge in [0.1, 0.15) is 5.75 Å². The summed E-state index contributed by atoms with van der Waals surface area (Å²) in [4.78, 5) is 2.50. The van der Waals surface area contributed by atoms with Crippen molar-refractivity contribution in [3.05, 3.63) is 29.3 Å². The number of aliphatic hydroxyl groups is 1. The SMILES string of the molecule is CCOc1ccc(C)cc1C(C(C)CO)N1CCCC1. The van der Waals surface area contributed by atoms with E-state index in [0.717, 1.165) is 18.8 Å². The minimum Gasteiger partial charge on any atom is -0.494 e. The second kappa shape index (κ2) is 7.09. The van der Waals surface area contributed by atoms with Gasteiger partial charge < -0.3 is 9.84 Å². The van der Waals surface area contributed by atoms with Crippen molar-refractivity contribution in [1.82, 2.24) is 4.90 Å². The molecule has 2 atom stereocenters. The molecule has 1 fully saturated rings. The number of likely N-dealkylation sites (tertiary alicyclic amines) is 1. The molecule has 1 aromatic carbocycles. The van der Waals surface area contributed by atoms with Gasteiger partial charge in [0.25, 0.3) is 0 Å². The van der Waals surface area contributed by atoms with Crippen LogP contribution in [0.5, 0.6) is 5.75 Å². The highest BCUT2D eigenvalue weighted by Gasteiger charge is 2.30. The lowest BCUT2D eigenvalue weighted by Gasteiger charge is -2.33. The summed E-state index contributed by atoms with van der Waals surface area (Å²) < 4.78 is 5.82. The number of ether oxygens (including phenoxy) is 1. The van der Waals surface area contributed by atoms with E-state index in [0.29, 0.717) is 6.61 Å². The van der Waals surface area contributed by atoms with Crippen LogP contribution in [0.25, 0.3) is 0 Å². The molecule has 0 radical (unpaired) electrons. The van der Waals surface area contributed by atoms with Crippen LogP contribution in [0.1, 0.15) is 43.9 Å². The average Bonchev–Trinajstić information content (AvgIpc) is 2.96. The third kappa shape index (κ3) is 3.33. The zero-order valence-electron chi connectivity index (χ0n) is 12.9. The molecule has 2 rings (SSSR count). The van der Waals surface area contributed by atoms with Gasteiger partial charge in [0.2, 0.25) is 0 Å². The Hall–Kier alpha value is -1.06. The van der Waals surface area contributed by atoms with Crippen LogP contribution in [0.15, 0.2) is 18.2 Å². The summed E-state index contributed by atoms with van der Waals surface area (Å²) in [6.45, 7) is 9.38. The van der Waals surface area contributed by atoms with Crippen molar-refractivity contribution in [3.8, 4) is 5.75 Å². The molecular weight excluding hydrogens is 250 g/mol. The largest absolute Gasteiger partial charge is 0.494 e. The zero-order chi connectivity index (χ0) is 14.5. The van der Waals surface area contributed by atoms with Crippen LogP contribution < -0.4 is 4.74 Å². The van der Waals surface area contributed by atoms with Crippen molar-refractivity contribution in [1.29, 1.82) is 0 Å². The normalized spacial score (nSPS) is 19.0. The van der Waals surface area contributed by atoms with E-state index in [2.05, 4.69) is 36.9 Å². The van der Waals surface area contributed by atoms with Crippen molar-refractivity contribution < 1.29 is 9.84 Å². The Morgan fingerprint density at radius 3 is 2.60 bits per heavy atom. The van der Waals surface area contributed by atoms with Gasteiger partial charge in [-0.05, 0) is 51.8 Å². The van der Waals surface area contributed by atoms with Gasteiger partial charge in [-0.25, -0.2) is 0 Å². The molecular formula is C17H27NO2. The first-order valence-corrected chi connectivity index (χ1v) is 7.75. The molecule has 0 amide bonds. The summed E-state index contributed by atoms with van der Waals surface area (Å²) in [5.74, 6) is 1.18. The minimum atomic E-state index is 0.209. The predicted molar refractivity (Wildman–Crippen MR) is 82.1 cm³/mol. The Morgan fingerprint density at radius 1 is 1.30 bits per heavy atom. The van der Waals surface area contributed by atoms with Gasteiger partial charge in [-0.15, -0.1) is 0 Å². The fourth-order valence-electron chi connectivity index (χ4n) is 3.17. The number of hydrogen-bond acceptors (Lipinski definition) is 3. The van der Waals surface area contributed by atoms with Gasteiger partial charge in [0.05, 0.1) is 6.61 Å². The second-order valence-corrected chi connectivity index (χ2v) is 5.82. The van der Waals surface area contributed by atoms with Gasteiger partial charge in [0, 0.05) is 18.2 Å². The van der Waals surface area contributed by atoms with Crippen molar-refractivity contribution in [2.75, 3.05) is 26.3 Å². The molecule has 2 unspecified atom stereocenters. The number of rotatable bonds is 6. The quantitative estimate of drug-likeness (QED) is 0.867. The molecule has 0 aliphatic carbocycles. The van der Waals surface area contributed by atoms with Crippen LogP contribution in [0.3, 0.4) is 0 Å². The van der Waals surface area contributed by atoms with Crippen LogP contribution in [0.2, 0.25) is 0 Å². The highest BCUT2D eigenvalue weighted by molar-refractivity contribution is 5.39. The van der Waals surface area contributed by atoms with Crippen molar-refractivity contribution in [3.63, 3.8) is 0 Å². The molecule has 1 aromatic rings. The highest BCUT2D eigenvalue weighted by atomic mass is 16.5. The fourth-order valence-corrected chi connectivity index (χ4v) is 3.17. The van der Waals surface area contributed by atoms with Gasteiger partial charge in [0.15, 0.2) is 0 Å². The summed E-state index contributed by atoms with van der Waals surface area (Å²) in [6.07, 6.45) is 2.51. The monoisotopic (exact) mass is 277 g/mol. The molecule has 3 heteroatoms. The maximum absolute atomic E-state index is 9.65. The fraction of sp³-hybridized carbons (Fsp3) is 0.647. The van der Waals surface area contributed by atoms with Crippen LogP contribution >= 0.6 is 0 Å². The Labute approximate surface area is 122 Å². The smallest absolute Gasteiger partial charge is 0.124 e. The molecule has 0 bridgehead atoms. The first kappa shape index (κ1) is 15.3. The van der Waals surface area contributed by atoms with E-state index in [1.807, 2.05) is 6.92 Å². The summed E-state index contributed by atoms with van der Waals surface area (Å²) in [5, 5.41) is 9.65. The topological polar surface area (TPSA) is 32.7 Å². The van der Waals surface area contributed by atoms with Crippen molar-refractivity contribution in [2.45, 2.75) is 39.7 Å². The van der Waals surface area contributed by atoms with Crippen LogP contribution in [-0.2, 0) is 0 Å². The maximum atomic E-state index is 9.65. The van der Waals surface area contributed by atoms with Crippen molar-refractivity contribution >= 4 is 0 Å². The molecule has 1 heterocycles. The predicted octanol–water partition coefficient (Wildman–Crippen LogP) is 3.16. The Morgan fingerprint density at radius 2 is 2.00 bits per heavy atom. The molecule has 1 saturated heterocycles. The lowest BCUT2D eigenvalue weighted by atomic mass is 9.92. The standard InChI is InChI=1S/C17H27NO2/c1-4-20-16-8-7-13(2)11-15(16)17(14(3)12-19)18-9-5-6-10-18/h7-8,11,14,17,19H,4-6,9-10,12H2,1-3H3. The lowest BCUT2D eigenvalue weighted by Crippen LogP contribution is -2.32. The van der Waals surface area contributed by atoms with Crippen LogP contribution in [0.4, 0.5) is 0 Å². The van der Waals surface area contributed by atoms with E-state index >= 15 is 0 Å². The zero-order valence-corrected chi connectivity index (χ0v) is 12.9. The van der Waals surface area contributed by atoms with Gasteiger partial charge in [-0.2, -0.15) is 0 Å². The van der Waals surface area contributed by atoms with E-state index < -0.39 is 0 Å². The van der Waals surface area contributed by atoms with Crippen LogP contribution in [0, 0.1) is 12.8 Å². The molecule has 1 aliphatic heterocycles. The molecule has 1 aliphatic rings. The molecule has 112 valence electrons. The van der Waals surface area contributed by atoms with Gasteiger partial charge in [-0.1, -0.05) is 24.6 Å². The van der Waals surface area contributed by atoms with E-state index in [4.69, 9.17) is 4.74 Å². The summed E-state index contributed by atoms with van der Waals surface area (Å²) in [5.41, 5.74) is 2.48. The average molecular weight is 277 g/mol. The molecule has 0 spiro atoms. The second-order valence-electron chi connectivity index (χ2n) is 5.82. The summed E-state index contributed by atoms with van der Waals surface area (Å²) in [6, 6.07) is 6.64. The first-order chi connectivity index (χ1) is 9.67. The molecule has 1 N–H and O–H groups in total. The van der Waals surface area contributed by atoms with E-state index in [-0.39, 0.29) is 18.6 Å². The number of hydrogen-bond donors (Lipinski definition) is 1. The number of benzene rings is 1. The number of aliphatic hydroxyl groups excluding tert-OH is 1. The summed E-state index contributed by atoms with van der Waals surface area (Å²) in [7, 11) is 0. The number of aryl methyl sites for hydroxylation is 1. The minimum absolute atomic E-state index is 0.209. The first-order valence-electron chi connectivity index (χ1n) is 7.75. The van der Waals surface area contributed by atoms with E-state index in [9.17, 15) is 5.11 Å².